The van der Waals surface area contributed by atoms with E-state index in [4.69, 9.17) is 29.6 Å². The van der Waals surface area contributed by atoms with E-state index in [0.717, 1.165) is 22.5 Å². The van der Waals surface area contributed by atoms with Crippen molar-refractivity contribution in [2.75, 3.05) is 0 Å². The molecule has 110 valence electrons. The van der Waals surface area contributed by atoms with Gasteiger partial charge in [0.25, 0.3) is 0 Å². The van der Waals surface area contributed by atoms with E-state index in [9.17, 15) is 0 Å². The van der Waals surface area contributed by atoms with Gasteiger partial charge in [0.05, 0.1) is 0 Å². The number of thiocarbonyl (C=S) groups is 1. The van der Waals surface area contributed by atoms with Gasteiger partial charge >= 0.3 is 0 Å². The van der Waals surface area contributed by atoms with E-state index in [1.54, 1.807) is 6.20 Å². The number of imidazole rings is 1. The standard InChI is InChI=1S/C17H14ClN3S/c18-14-6-3-5-12(10-14)17-20-8-9-21(17)11-13-4-1-2-7-15(13)16(19)22/h1-10H,11H2,(H2,19,22). The maximum atomic E-state index is 6.07. The number of halogens is 1. The van der Waals surface area contributed by atoms with Crippen LogP contribution in [0.3, 0.4) is 0 Å². The minimum atomic E-state index is 0.403. The highest BCUT2D eigenvalue weighted by Gasteiger charge is 2.10. The molecule has 0 saturated carbocycles. The lowest BCUT2D eigenvalue weighted by Gasteiger charge is -2.12. The monoisotopic (exact) mass is 327 g/mol. The van der Waals surface area contributed by atoms with Gasteiger partial charge in [-0.1, -0.05) is 60.2 Å². The minimum absolute atomic E-state index is 0.403. The number of hydrogen-bond donors (Lipinski definition) is 1. The molecule has 1 heterocycles. The molecule has 5 heteroatoms. The average Bonchev–Trinajstić information content (AvgIpc) is 2.96. The number of nitrogens with zero attached hydrogens (tertiary/aromatic N) is 2. The number of nitrogens with two attached hydrogens (primary N) is 1. The summed E-state index contributed by atoms with van der Waals surface area (Å²) in [6.45, 7) is 0.648. The third-order valence-corrected chi connectivity index (χ3v) is 3.88. The lowest BCUT2D eigenvalue weighted by molar-refractivity contribution is 0.806. The minimum Gasteiger partial charge on any atom is -0.389 e. The zero-order chi connectivity index (χ0) is 15.5. The predicted molar refractivity (Wildman–Crippen MR) is 94.1 cm³/mol. The molecule has 22 heavy (non-hydrogen) atoms. The smallest absolute Gasteiger partial charge is 0.140 e. The summed E-state index contributed by atoms with van der Waals surface area (Å²) < 4.78 is 2.06. The Morgan fingerprint density at radius 1 is 1.18 bits per heavy atom. The summed E-state index contributed by atoms with van der Waals surface area (Å²) in [5, 5.41) is 0.690. The summed E-state index contributed by atoms with van der Waals surface area (Å²) in [5.41, 5.74) is 8.74. The average molecular weight is 328 g/mol. The fourth-order valence-electron chi connectivity index (χ4n) is 2.41. The van der Waals surface area contributed by atoms with Crippen molar-refractivity contribution in [1.29, 1.82) is 0 Å². The number of benzene rings is 2. The third kappa shape index (κ3) is 3.03. The van der Waals surface area contributed by atoms with Crippen LogP contribution in [-0.4, -0.2) is 14.5 Å². The van der Waals surface area contributed by atoms with Crippen LogP contribution in [0.5, 0.6) is 0 Å². The van der Waals surface area contributed by atoms with Gasteiger partial charge in [-0.25, -0.2) is 4.98 Å². The molecule has 3 aromatic rings. The summed E-state index contributed by atoms with van der Waals surface area (Å²) in [7, 11) is 0. The molecule has 0 bridgehead atoms. The van der Waals surface area contributed by atoms with Crippen LogP contribution in [0.2, 0.25) is 5.02 Å². The first-order valence-electron chi connectivity index (χ1n) is 6.80. The van der Waals surface area contributed by atoms with E-state index in [1.165, 1.54) is 0 Å². The van der Waals surface area contributed by atoms with Gasteiger partial charge in [-0.15, -0.1) is 0 Å². The molecule has 2 N–H and O–H groups in total. The van der Waals surface area contributed by atoms with Gasteiger partial charge in [-0.2, -0.15) is 0 Å². The second-order valence-electron chi connectivity index (χ2n) is 4.91. The topological polar surface area (TPSA) is 43.8 Å². The highest BCUT2D eigenvalue weighted by molar-refractivity contribution is 7.80. The van der Waals surface area contributed by atoms with Gasteiger partial charge in [0.2, 0.25) is 0 Å². The lowest BCUT2D eigenvalue weighted by Crippen LogP contribution is -2.14. The fourth-order valence-corrected chi connectivity index (χ4v) is 2.80. The fraction of sp³-hybridized carbons (Fsp3) is 0.0588. The molecule has 1 aromatic heterocycles. The zero-order valence-electron chi connectivity index (χ0n) is 11.7. The largest absolute Gasteiger partial charge is 0.389 e. The molecule has 0 radical (unpaired) electrons. The summed E-state index contributed by atoms with van der Waals surface area (Å²) in [6.07, 6.45) is 3.71. The quantitative estimate of drug-likeness (QED) is 0.739. The first-order chi connectivity index (χ1) is 10.6. The maximum absolute atomic E-state index is 6.07. The number of hydrogen-bond acceptors (Lipinski definition) is 2. The van der Waals surface area contributed by atoms with E-state index in [1.807, 2.05) is 54.7 Å². The van der Waals surface area contributed by atoms with Crippen molar-refractivity contribution >= 4 is 28.8 Å². The molecule has 0 aliphatic heterocycles. The zero-order valence-corrected chi connectivity index (χ0v) is 13.3. The molecule has 0 aliphatic carbocycles. The van der Waals surface area contributed by atoms with Gasteiger partial charge in [0.1, 0.15) is 10.8 Å². The first-order valence-corrected chi connectivity index (χ1v) is 7.58. The molecular weight excluding hydrogens is 314 g/mol. The van der Waals surface area contributed by atoms with E-state index in [0.29, 0.717) is 16.6 Å². The van der Waals surface area contributed by atoms with Crippen LogP contribution in [0.25, 0.3) is 11.4 Å². The SMILES string of the molecule is NC(=S)c1ccccc1Cn1ccnc1-c1cccc(Cl)c1. The van der Waals surface area contributed by atoms with E-state index < -0.39 is 0 Å². The van der Waals surface area contributed by atoms with Gasteiger partial charge in [0.15, 0.2) is 0 Å². The Kier molecular flexibility index (Phi) is 4.22. The molecule has 0 unspecified atom stereocenters. The van der Waals surface area contributed by atoms with Gasteiger partial charge in [-0.05, 0) is 17.7 Å². The Hall–Kier alpha value is -2.17. The predicted octanol–water partition coefficient (Wildman–Crippen LogP) is 3.89. The van der Waals surface area contributed by atoms with Crippen LogP contribution < -0.4 is 5.73 Å². The molecule has 0 amide bonds. The van der Waals surface area contributed by atoms with Crippen LogP contribution in [0.15, 0.2) is 60.9 Å². The highest BCUT2D eigenvalue weighted by atomic mass is 35.5. The Balaban J connectivity index is 1.99. The summed E-state index contributed by atoms with van der Waals surface area (Å²) in [4.78, 5) is 4.84. The van der Waals surface area contributed by atoms with Gasteiger partial charge in [0, 0.05) is 35.1 Å². The van der Waals surface area contributed by atoms with Crippen LogP contribution in [-0.2, 0) is 6.54 Å². The van der Waals surface area contributed by atoms with E-state index in [-0.39, 0.29) is 0 Å². The molecule has 2 aromatic carbocycles. The second kappa shape index (κ2) is 6.30. The molecule has 0 aliphatic rings. The van der Waals surface area contributed by atoms with Crippen LogP contribution in [0.1, 0.15) is 11.1 Å². The van der Waals surface area contributed by atoms with Crippen molar-refractivity contribution in [3.8, 4) is 11.4 Å². The number of aromatic nitrogens is 2. The molecular formula is C17H14ClN3S. The Morgan fingerprint density at radius 3 is 2.77 bits per heavy atom. The molecule has 3 rings (SSSR count). The van der Waals surface area contributed by atoms with E-state index in [2.05, 4.69) is 9.55 Å². The molecule has 0 fully saturated rings. The summed E-state index contributed by atoms with van der Waals surface area (Å²) in [5.74, 6) is 0.861. The Labute approximate surface area is 139 Å². The molecule has 3 nitrogen and oxygen atoms in total. The lowest BCUT2D eigenvalue weighted by atomic mass is 10.1. The van der Waals surface area contributed by atoms with Gasteiger partial charge < -0.3 is 10.3 Å². The van der Waals surface area contributed by atoms with Gasteiger partial charge in [-0.3, -0.25) is 0 Å². The molecule has 0 saturated heterocycles. The number of rotatable bonds is 4. The Morgan fingerprint density at radius 2 is 2.00 bits per heavy atom. The first kappa shape index (κ1) is 14.8. The van der Waals surface area contributed by atoms with Crippen LogP contribution in [0, 0.1) is 0 Å². The third-order valence-electron chi connectivity index (χ3n) is 3.42. The summed E-state index contributed by atoms with van der Waals surface area (Å²) >= 11 is 11.2. The highest BCUT2D eigenvalue weighted by Crippen LogP contribution is 2.22. The second-order valence-corrected chi connectivity index (χ2v) is 5.79. The van der Waals surface area contributed by atoms with Crippen molar-refractivity contribution in [2.45, 2.75) is 6.54 Å². The normalized spacial score (nSPS) is 10.6. The van der Waals surface area contributed by atoms with Crippen molar-refractivity contribution in [2.24, 2.45) is 5.73 Å². The van der Waals surface area contributed by atoms with Crippen molar-refractivity contribution in [1.82, 2.24) is 9.55 Å². The van der Waals surface area contributed by atoms with Crippen LogP contribution in [0.4, 0.5) is 0 Å². The van der Waals surface area contributed by atoms with Crippen molar-refractivity contribution < 1.29 is 0 Å². The van der Waals surface area contributed by atoms with Crippen molar-refractivity contribution in [3.63, 3.8) is 0 Å². The maximum Gasteiger partial charge on any atom is 0.140 e. The molecule has 0 atom stereocenters. The van der Waals surface area contributed by atoms with Crippen molar-refractivity contribution in [3.05, 3.63) is 77.1 Å². The Bertz CT molecular complexity index is 826. The summed E-state index contributed by atoms with van der Waals surface area (Å²) in [6, 6.07) is 15.5. The van der Waals surface area contributed by atoms with E-state index >= 15 is 0 Å². The molecule has 0 spiro atoms. The van der Waals surface area contributed by atoms with Crippen LogP contribution >= 0.6 is 23.8 Å².